The van der Waals surface area contributed by atoms with Gasteiger partial charge in [0.2, 0.25) is 0 Å². The van der Waals surface area contributed by atoms with E-state index in [2.05, 4.69) is 28.9 Å². The predicted octanol–water partition coefficient (Wildman–Crippen LogP) is 0.936. The monoisotopic (exact) mass is 237 g/mol. The fraction of sp³-hybridized carbons (Fsp3) is 0.750. The molecular formula is C12H23N5. The lowest BCUT2D eigenvalue weighted by atomic mass is 10.3. The summed E-state index contributed by atoms with van der Waals surface area (Å²) in [6.45, 7) is 9.32. The standard InChI is InChI=1S/C12H23N5/c1-4-17-12(11(13)10(2)14-17)16-7-5-6-15(3)8-9-16/h4-9,13H2,1-3H3. The molecule has 5 heteroatoms. The molecule has 0 unspecified atom stereocenters. The van der Waals surface area contributed by atoms with Gasteiger partial charge in [-0.2, -0.15) is 5.10 Å². The summed E-state index contributed by atoms with van der Waals surface area (Å²) in [6, 6.07) is 0. The van der Waals surface area contributed by atoms with Gasteiger partial charge in [-0.1, -0.05) is 0 Å². The Morgan fingerprint density at radius 1 is 1.24 bits per heavy atom. The molecule has 17 heavy (non-hydrogen) atoms. The number of hydrogen-bond acceptors (Lipinski definition) is 4. The Labute approximate surface area is 103 Å². The normalized spacial score (nSPS) is 18.4. The molecule has 2 rings (SSSR count). The number of likely N-dealkylation sites (N-methyl/N-ethyl adjacent to an activating group) is 1. The highest BCUT2D eigenvalue weighted by Gasteiger charge is 2.20. The SMILES string of the molecule is CCn1nc(C)c(N)c1N1CCCN(C)CC1. The first-order valence-electron chi connectivity index (χ1n) is 6.39. The molecule has 0 amide bonds. The van der Waals surface area contributed by atoms with E-state index < -0.39 is 0 Å². The highest BCUT2D eigenvalue weighted by atomic mass is 15.4. The maximum absolute atomic E-state index is 6.16. The topological polar surface area (TPSA) is 50.3 Å². The van der Waals surface area contributed by atoms with Crippen molar-refractivity contribution in [3.63, 3.8) is 0 Å². The first kappa shape index (κ1) is 12.2. The van der Waals surface area contributed by atoms with Crippen molar-refractivity contribution in [1.29, 1.82) is 0 Å². The Hall–Kier alpha value is -1.23. The van der Waals surface area contributed by atoms with Crippen LogP contribution in [0, 0.1) is 6.92 Å². The second-order valence-electron chi connectivity index (χ2n) is 4.78. The van der Waals surface area contributed by atoms with Gasteiger partial charge >= 0.3 is 0 Å². The molecule has 1 fully saturated rings. The average molecular weight is 237 g/mol. The summed E-state index contributed by atoms with van der Waals surface area (Å²) < 4.78 is 2.02. The van der Waals surface area contributed by atoms with Crippen molar-refractivity contribution in [2.75, 3.05) is 43.9 Å². The van der Waals surface area contributed by atoms with Crippen molar-refractivity contribution >= 4 is 11.5 Å². The molecule has 0 bridgehead atoms. The molecule has 1 saturated heterocycles. The number of aromatic nitrogens is 2. The molecule has 2 N–H and O–H groups in total. The first-order valence-corrected chi connectivity index (χ1v) is 6.39. The van der Waals surface area contributed by atoms with Crippen molar-refractivity contribution in [2.24, 2.45) is 0 Å². The summed E-state index contributed by atoms with van der Waals surface area (Å²) in [5, 5.41) is 4.49. The van der Waals surface area contributed by atoms with Crippen LogP contribution in [0.15, 0.2) is 0 Å². The van der Waals surface area contributed by atoms with E-state index in [1.54, 1.807) is 0 Å². The number of anilines is 2. The Morgan fingerprint density at radius 2 is 2.00 bits per heavy atom. The summed E-state index contributed by atoms with van der Waals surface area (Å²) in [5.74, 6) is 1.11. The maximum Gasteiger partial charge on any atom is 0.150 e. The Balaban J connectivity index is 2.26. The van der Waals surface area contributed by atoms with Gasteiger partial charge in [0.25, 0.3) is 0 Å². The van der Waals surface area contributed by atoms with Crippen LogP contribution in [0.4, 0.5) is 11.5 Å². The number of aryl methyl sites for hydroxylation is 2. The molecule has 2 heterocycles. The lowest BCUT2D eigenvalue weighted by molar-refractivity contribution is 0.360. The second kappa shape index (κ2) is 4.96. The third-order valence-corrected chi connectivity index (χ3v) is 3.46. The molecular weight excluding hydrogens is 214 g/mol. The zero-order valence-electron chi connectivity index (χ0n) is 11.1. The summed E-state index contributed by atoms with van der Waals surface area (Å²) in [7, 11) is 2.18. The highest BCUT2D eigenvalue weighted by molar-refractivity contribution is 5.66. The van der Waals surface area contributed by atoms with Crippen molar-refractivity contribution in [1.82, 2.24) is 14.7 Å². The molecule has 96 valence electrons. The molecule has 1 aromatic rings. The van der Waals surface area contributed by atoms with Gasteiger partial charge in [-0.05, 0) is 33.9 Å². The maximum atomic E-state index is 6.16. The minimum Gasteiger partial charge on any atom is -0.394 e. The molecule has 1 aromatic heterocycles. The van der Waals surface area contributed by atoms with Crippen LogP contribution in [0.2, 0.25) is 0 Å². The van der Waals surface area contributed by atoms with E-state index in [0.29, 0.717) is 0 Å². The number of nitrogens with zero attached hydrogens (tertiary/aromatic N) is 4. The lowest BCUT2D eigenvalue weighted by Gasteiger charge is -2.23. The van der Waals surface area contributed by atoms with Crippen molar-refractivity contribution in [2.45, 2.75) is 26.8 Å². The molecule has 1 aliphatic heterocycles. The zero-order valence-corrected chi connectivity index (χ0v) is 11.1. The van der Waals surface area contributed by atoms with Crippen LogP contribution < -0.4 is 10.6 Å². The predicted molar refractivity (Wildman–Crippen MR) is 71.4 cm³/mol. The third-order valence-electron chi connectivity index (χ3n) is 3.46. The van der Waals surface area contributed by atoms with Crippen LogP contribution in [0.1, 0.15) is 19.0 Å². The van der Waals surface area contributed by atoms with Crippen molar-refractivity contribution in [3.8, 4) is 0 Å². The molecule has 0 spiro atoms. The molecule has 0 radical (unpaired) electrons. The average Bonchev–Trinajstić information content (AvgIpc) is 2.49. The van der Waals surface area contributed by atoms with Gasteiger partial charge < -0.3 is 15.5 Å². The van der Waals surface area contributed by atoms with Crippen LogP contribution in [-0.2, 0) is 6.54 Å². The number of rotatable bonds is 2. The van der Waals surface area contributed by atoms with Gasteiger partial charge in [0.15, 0.2) is 5.82 Å². The summed E-state index contributed by atoms with van der Waals surface area (Å²) >= 11 is 0. The smallest absolute Gasteiger partial charge is 0.150 e. The van der Waals surface area contributed by atoms with Crippen LogP contribution >= 0.6 is 0 Å². The van der Waals surface area contributed by atoms with E-state index in [-0.39, 0.29) is 0 Å². The van der Waals surface area contributed by atoms with E-state index in [4.69, 9.17) is 5.73 Å². The van der Waals surface area contributed by atoms with Gasteiger partial charge in [0.1, 0.15) is 0 Å². The molecule has 1 aliphatic rings. The van der Waals surface area contributed by atoms with Crippen LogP contribution in [0.5, 0.6) is 0 Å². The van der Waals surface area contributed by atoms with E-state index in [1.165, 1.54) is 6.42 Å². The minimum absolute atomic E-state index is 0.844. The second-order valence-corrected chi connectivity index (χ2v) is 4.78. The molecule has 0 aromatic carbocycles. The van der Waals surface area contributed by atoms with Gasteiger partial charge in [-0.3, -0.25) is 0 Å². The molecule has 0 aliphatic carbocycles. The molecule has 5 nitrogen and oxygen atoms in total. The molecule has 0 saturated carbocycles. The quantitative estimate of drug-likeness (QED) is 0.831. The van der Waals surface area contributed by atoms with E-state index >= 15 is 0 Å². The van der Waals surface area contributed by atoms with Crippen LogP contribution in [-0.4, -0.2) is 47.9 Å². The Bertz CT molecular complexity index is 384. The van der Waals surface area contributed by atoms with Gasteiger partial charge in [0.05, 0.1) is 11.4 Å². The van der Waals surface area contributed by atoms with Gasteiger partial charge in [0, 0.05) is 26.2 Å². The Morgan fingerprint density at radius 3 is 2.71 bits per heavy atom. The first-order chi connectivity index (χ1) is 8.13. The summed E-state index contributed by atoms with van der Waals surface area (Å²) in [4.78, 5) is 4.75. The highest BCUT2D eigenvalue weighted by Crippen LogP contribution is 2.27. The molecule has 0 atom stereocenters. The van der Waals surface area contributed by atoms with Crippen molar-refractivity contribution in [3.05, 3.63) is 5.69 Å². The fourth-order valence-corrected chi connectivity index (χ4v) is 2.40. The van der Waals surface area contributed by atoms with Crippen LogP contribution in [0.25, 0.3) is 0 Å². The summed E-state index contributed by atoms with van der Waals surface area (Å²) in [5.41, 5.74) is 7.94. The Kier molecular flexibility index (Phi) is 3.57. The van der Waals surface area contributed by atoms with E-state index in [1.807, 2.05) is 11.6 Å². The van der Waals surface area contributed by atoms with E-state index in [9.17, 15) is 0 Å². The fourth-order valence-electron chi connectivity index (χ4n) is 2.40. The third kappa shape index (κ3) is 2.39. The number of hydrogen-bond donors (Lipinski definition) is 1. The largest absolute Gasteiger partial charge is 0.394 e. The van der Waals surface area contributed by atoms with Gasteiger partial charge in [-0.25, -0.2) is 4.68 Å². The van der Waals surface area contributed by atoms with Crippen molar-refractivity contribution < 1.29 is 0 Å². The number of nitrogen functional groups attached to an aromatic ring is 1. The lowest BCUT2D eigenvalue weighted by Crippen LogP contribution is -2.31. The van der Waals surface area contributed by atoms with Gasteiger partial charge in [-0.15, -0.1) is 0 Å². The number of nitrogens with two attached hydrogens (primary N) is 1. The summed E-state index contributed by atoms with van der Waals surface area (Å²) in [6.07, 6.45) is 1.18. The minimum atomic E-state index is 0.844. The van der Waals surface area contributed by atoms with Crippen LogP contribution in [0.3, 0.4) is 0 Å². The zero-order chi connectivity index (χ0) is 12.4. The van der Waals surface area contributed by atoms with E-state index in [0.717, 1.165) is 49.9 Å².